The minimum Gasteiger partial charge on any atom is -0.306 e. The van der Waals surface area contributed by atoms with Gasteiger partial charge in [0.25, 0.3) is 0 Å². The van der Waals surface area contributed by atoms with Gasteiger partial charge in [-0.3, -0.25) is 0 Å². The maximum atomic E-state index is 4.93. The van der Waals surface area contributed by atoms with Crippen LogP contribution in [0.25, 0.3) is 22.8 Å². The topological polar surface area (TPSA) is 57.5 Å². The standard InChI is InChI=1S/C29H22N6/c1-21-13-5-4-12-20-34-24-18-10-11-19-25(24)35(29(34)30-21)28-32-26(22-14-6-2-7-15-22)31-27(33-28)23-16-8-3-9-17-23/h2-19H,1,20H2/b12-4-,13-5-,30-29?. The molecule has 0 fully saturated rings. The Labute approximate surface area is 204 Å². The molecule has 0 amide bonds. The number of fused-ring (bicyclic) bond motifs is 3. The van der Waals surface area contributed by atoms with Gasteiger partial charge in [-0.2, -0.15) is 9.97 Å². The van der Waals surface area contributed by atoms with Crippen LogP contribution in [0.5, 0.6) is 0 Å². The Hall–Kier alpha value is -4.84. The molecule has 6 nitrogen and oxygen atoms in total. The number of anilines is 3. The summed E-state index contributed by atoms with van der Waals surface area (Å²) >= 11 is 0. The van der Waals surface area contributed by atoms with Gasteiger partial charge in [0, 0.05) is 17.7 Å². The van der Waals surface area contributed by atoms with E-state index in [4.69, 9.17) is 19.9 Å². The predicted molar refractivity (Wildman–Crippen MR) is 141 cm³/mol. The van der Waals surface area contributed by atoms with Crippen molar-refractivity contribution in [2.24, 2.45) is 4.99 Å². The second-order valence-electron chi connectivity index (χ2n) is 8.14. The van der Waals surface area contributed by atoms with Crippen molar-refractivity contribution in [3.05, 3.63) is 122 Å². The number of hydrogen-bond acceptors (Lipinski definition) is 6. The van der Waals surface area contributed by atoms with Gasteiger partial charge in [0.2, 0.25) is 11.9 Å². The van der Waals surface area contributed by atoms with Gasteiger partial charge in [-0.25, -0.2) is 14.9 Å². The van der Waals surface area contributed by atoms with Crippen molar-refractivity contribution in [1.82, 2.24) is 15.0 Å². The summed E-state index contributed by atoms with van der Waals surface area (Å²) in [6, 6.07) is 28.1. The average Bonchev–Trinajstić information content (AvgIpc) is 3.25. The minimum atomic E-state index is 0.506. The van der Waals surface area contributed by atoms with Crippen molar-refractivity contribution in [3.8, 4) is 22.8 Å². The lowest BCUT2D eigenvalue weighted by molar-refractivity contribution is 1.03. The third kappa shape index (κ3) is 3.91. The number of guanidine groups is 1. The highest BCUT2D eigenvalue weighted by atomic mass is 15.5. The molecule has 0 N–H and O–H groups in total. The summed E-state index contributed by atoms with van der Waals surface area (Å²) < 4.78 is 0. The molecule has 168 valence electrons. The van der Waals surface area contributed by atoms with E-state index < -0.39 is 0 Å². The van der Waals surface area contributed by atoms with E-state index in [-0.39, 0.29) is 0 Å². The van der Waals surface area contributed by atoms with Crippen LogP contribution >= 0.6 is 0 Å². The first kappa shape index (κ1) is 20.7. The molecule has 6 heteroatoms. The zero-order chi connectivity index (χ0) is 23.6. The van der Waals surface area contributed by atoms with Gasteiger partial charge in [-0.15, -0.1) is 0 Å². The molecule has 0 radical (unpaired) electrons. The molecule has 0 unspecified atom stereocenters. The van der Waals surface area contributed by atoms with E-state index in [0.29, 0.717) is 35.8 Å². The van der Waals surface area contributed by atoms with Crippen LogP contribution in [0, 0.1) is 0 Å². The van der Waals surface area contributed by atoms with E-state index in [1.54, 1.807) is 0 Å². The summed E-state index contributed by atoms with van der Waals surface area (Å²) in [5.41, 5.74) is 4.48. The first-order chi connectivity index (χ1) is 17.3. The summed E-state index contributed by atoms with van der Waals surface area (Å²) in [7, 11) is 0. The Bertz CT molecular complexity index is 1430. The Morgan fingerprint density at radius 1 is 0.657 bits per heavy atom. The van der Waals surface area contributed by atoms with Gasteiger partial charge in [-0.1, -0.05) is 97.6 Å². The molecular formula is C29H22N6. The lowest BCUT2D eigenvalue weighted by Crippen LogP contribution is -2.37. The minimum absolute atomic E-state index is 0.506. The van der Waals surface area contributed by atoms with Crippen LogP contribution in [0.2, 0.25) is 0 Å². The number of hydrogen-bond donors (Lipinski definition) is 0. The molecule has 35 heavy (non-hydrogen) atoms. The highest BCUT2D eigenvalue weighted by molar-refractivity contribution is 6.19. The van der Waals surface area contributed by atoms with Crippen LogP contribution in [0.1, 0.15) is 0 Å². The lowest BCUT2D eigenvalue weighted by atomic mass is 10.2. The van der Waals surface area contributed by atoms with Crippen LogP contribution < -0.4 is 9.80 Å². The van der Waals surface area contributed by atoms with Crippen molar-refractivity contribution >= 4 is 23.3 Å². The first-order valence-electron chi connectivity index (χ1n) is 11.4. The summed E-state index contributed by atoms with van der Waals surface area (Å²) in [4.78, 5) is 23.7. The zero-order valence-corrected chi connectivity index (χ0v) is 19.0. The van der Waals surface area contributed by atoms with E-state index in [9.17, 15) is 0 Å². The normalized spacial score (nSPS) is 16.5. The second-order valence-corrected chi connectivity index (χ2v) is 8.14. The van der Waals surface area contributed by atoms with E-state index in [0.717, 1.165) is 22.5 Å². The Balaban J connectivity index is 1.59. The lowest BCUT2D eigenvalue weighted by Gasteiger charge is -2.22. The highest BCUT2D eigenvalue weighted by Crippen LogP contribution is 2.41. The summed E-state index contributed by atoms with van der Waals surface area (Å²) in [6.07, 6.45) is 7.96. The Morgan fingerprint density at radius 2 is 1.26 bits per heavy atom. The van der Waals surface area contributed by atoms with E-state index >= 15 is 0 Å². The first-order valence-corrected chi connectivity index (χ1v) is 11.4. The molecule has 0 saturated heterocycles. The molecule has 0 saturated carbocycles. The summed E-state index contributed by atoms with van der Waals surface area (Å²) in [5, 5.41) is 0. The van der Waals surface area contributed by atoms with E-state index in [1.165, 1.54) is 0 Å². The quantitative estimate of drug-likeness (QED) is 0.371. The summed E-state index contributed by atoms with van der Waals surface area (Å²) in [5.74, 6) is 2.42. The van der Waals surface area contributed by atoms with Crippen molar-refractivity contribution in [3.63, 3.8) is 0 Å². The molecule has 6 rings (SSSR count). The average molecular weight is 455 g/mol. The van der Waals surface area contributed by atoms with Crippen LogP contribution in [-0.2, 0) is 0 Å². The maximum absolute atomic E-state index is 4.93. The highest BCUT2D eigenvalue weighted by Gasteiger charge is 2.35. The molecule has 0 spiro atoms. The number of aliphatic imine (C=N–C) groups is 1. The Kier molecular flexibility index (Phi) is 5.24. The SMILES string of the molecule is C=C1/C=C\C=C/CN2C(=N1)N(c1nc(-c3ccccc3)nc(-c3ccccc3)n1)c1ccccc12. The molecule has 0 aliphatic carbocycles. The van der Waals surface area contributed by atoms with Gasteiger partial charge in [0.1, 0.15) is 0 Å². The van der Waals surface area contributed by atoms with Crippen LogP contribution in [0.3, 0.4) is 0 Å². The van der Waals surface area contributed by atoms with Crippen molar-refractivity contribution in [2.45, 2.75) is 0 Å². The van der Waals surface area contributed by atoms with E-state index in [1.807, 2.05) is 95.9 Å². The number of nitrogens with zero attached hydrogens (tertiary/aromatic N) is 6. The zero-order valence-electron chi connectivity index (χ0n) is 19.0. The smallest absolute Gasteiger partial charge is 0.241 e. The second kappa shape index (κ2) is 8.83. The molecule has 1 aromatic heterocycles. The van der Waals surface area contributed by atoms with Crippen LogP contribution in [0.4, 0.5) is 17.3 Å². The van der Waals surface area contributed by atoms with Crippen molar-refractivity contribution in [1.29, 1.82) is 0 Å². The third-order valence-electron chi connectivity index (χ3n) is 5.81. The summed E-state index contributed by atoms with van der Waals surface area (Å²) in [6.45, 7) is 4.78. The number of benzene rings is 3. The van der Waals surface area contributed by atoms with E-state index in [2.05, 4.69) is 29.7 Å². The molecule has 3 aromatic carbocycles. The fraction of sp³-hybridized carbons (Fsp3) is 0.0345. The van der Waals surface area contributed by atoms with Gasteiger partial charge >= 0.3 is 0 Å². The molecule has 3 heterocycles. The fourth-order valence-corrected chi connectivity index (χ4v) is 4.18. The fourth-order valence-electron chi connectivity index (χ4n) is 4.18. The van der Waals surface area contributed by atoms with Gasteiger partial charge in [0.15, 0.2) is 11.6 Å². The number of para-hydroxylation sites is 2. The van der Waals surface area contributed by atoms with Crippen molar-refractivity contribution < 1.29 is 0 Å². The third-order valence-corrected chi connectivity index (χ3v) is 5.81. The maximum Gasteiger partial charge on any atom is 0.241 e. The number of aromatic nitrogens is 3. The largest absolute Gasteiger partial charge is 0.306 e. The van der Waals surface area contributed by atoms with Gasteiger partial charge < -0.3 is 4.90 Å². The number of rotatable bonds is 3. The van der Waals surface area contributed by atoms with Crippen LogP contribution in [-0.4, -0.2) is 27.5 Å². The monoisotopic (exact) mass is 454 g/mol. The number of allylic oxidation sites excluding steroid dienone is 3. The molecule has 0 atom stereocenters. The molecule has 2 aliphatic heterocycles. The van der Waals surface area contributed by atoms with Crippen molar-refractivity contribution in [2.75, 3.05) is 16.3 Å². The van der Waals surface area contributed by atoms with Gasteiger partial charge in [-0.05, 0) is 18.2 Å². The molecule has 2 aliphatic rings. The molecular weight excluding hydrogens is 432 g/mol. The Morgan fingerprint density at radius 3 is 1.91 bits per heavy atom. The predicted octanol–water partition coefficient (Wildman–Crippen LogP) is 6.16. The molecule has 0 bridgehead atoms. The van der Waals surface area contributed by atoms with Crippen LogP contribution in [0.15, 0.2) is 127 Å². The molecule has 4 aromatic rings. The van der Waals surface area contributed by atoms with Gasteiger partial charge in [0.05, 0.1) is 17.1 Å².